The van der Waals surface area contributed by atoms with Gasteiger partial charge in [-0.3, -0.25) is 4.79 Å². The van der Waals surface area contributed by atoms with Gasteiger partial charge in [-0.25, -0.2) is 9.78 Å². The summed E-state index contributed by atoms with van der Waals surface area (Å²) in [6.45, 7) is 5.57. The van der Waals surface area contributed by atoms with Crippen LogP contribution in [0.15, 0.2) is 18.2 Å². The highest BCUT2D eigenvalue weighted by Gasteiger charge is 2.19. The molecule has 26 heavy (non-hydrogen) atoms. The first-order valence-corrected chi connectivity index (χ1v) is 8.73. The Bertz CT molecular complexity index is 855. The van der Waals surface area contributed by atoms with E-state index >= 15 is 0 Å². The van der Waals surface area contributed by atoms with E-state index in [1.807, 2.05) is 18.2 Å². The smallest absolute Gasteiger partial charge is 0.408 e. The van der Waals surface area contributed by atoms with E-state index in [9.17, 15) is 9.59 Å². The van der Waals surface area contributed by atoms with E-state index in [2.05, 4.69) is 20.6 Å². The zero-order valence-corrected chi connectivity index (χ0v) is 15.7. The first-order valence-electron chi connectivity index (χ1n) is 8.35. The number of carbonyl (C=O) groups is 2. The van der Waals surface area contributed by atoms with Gasteiger partial charge in [0.25, 0.3) is 0 Å². The van der Waals surface area contributed by atoms with E-state index < -0.39 is 11.7 Å². The molecule has 0 bridgehead atoms. The van der Waals surface area contributed by atoms with Crippen molar-refractivity contribution in [2.45, 2.75) is 45.8 Å². The quantitative estimate of drug-likeness (QED) is 0.761. The van der Waals surface area contributed by atoms with Gasteiger partial charge in [-0.2, -0.15) is 0 Å². The van der Waals surface area contributed by atoms with Gasteiger partial charge >= 0.3 is 6.09 Å². The van der Waals surface area contributed by atoms with Gasteiger partial charge < -0.3 is 20.4 Å². The Balaban J connectivity index is 1.72. The number of aromatic amines is 1. The number of carbonyl (C=O) groups excluding carboxylic acids is 2. The first kappa shape index (κ1) is 18.3. The van der Waals surface area contributed by atoms with Crippen molar-refractivity contribution in [1.82, 2.24) is 15.3 Å². The van der Waals surface area contributed by atoms with Crippen molar-refractivity contribution in [3.8, 4) is 11.3 Å². The first-order chi connectivity index (χ1) is 12.2. The number of rotatable bonds is 3. The lowest BCUT2D eigenvalue weighted by Crippen LogP contribution is -2.32. The average molecular weight is 377 g/mol. The third-order valence-corrected chi connectivity index (χ3v) is 4.06. The van der Waals surface area contributed by atoms with E-state index in [0.717, 1.165) is 16.8 Å². The Kier molecular flexibility index (Phi) is 4.91. The molecule has 0 atom stereocenters. The standard InChI is InChI=1S/C18H21ClN4O3/c1-18(2,3)26-17(25)20-9-13-22-15(16(19)23-13)11-4-6-12-10(8-11)5-7-14(24)21-12/h4,6,8H,5,7,9H2,1-3H3,(H,20,25)(H,21,24)(H,22,23). The number of H-pyrrole nitrogens is 1. The minimum Gasteiger partial charge on any atom is -0.444 e. The largest absolute Gasteiger partial charge is 0.444 e. The summed E-state index contributed by atoms with van der Waals surface area (Å²) in [6, 6.07) is 5.69. The molecule has 7 nitrogen and oxygen atoms in total. The average Bonchev–Trinajstić information content (AvgIpc) is 2.92. The minimum atomic E-state index is -0.561. The molecule has 2 heterocycles. The predicted molar refractivity (Wildman–Crippen MR) is 99.1 cm³/mol. The number of benzene rings is 1. The summed E-state index contributed by atoms with van der Waals surface area (Å²) in [7, 11) is 0. The van der Waals surface area contributed by atoms with Crippen molar-refractivity contribution < 1.29 is 14.3 Å². The van der Waals surface area contributed by atoms with Crippen molar-refractivity contribution in [1.29, 1.82) is 0 Å². The number of halogens is 1. The molecule has 0 saturated heterocycles. The van der Waals surface area contributed by atoms with Gasteiger partial charge in [0.1, 0.15) is 22.3 Å². The number of alkyl carbamates (subject to hydrolysis) is 1. The number of hydrogen-bond donors (Lipinski definition) is 3. The molecule has 1 aliphatic rings. The maximum Gasteiger partial charge on any atom is 0.408 e. The molecule has 2 amide bonds. The summed E-state index contributed by atoms with van der Waals surface area (Å²) in [6.07, 6.45) is 0.635. The van der Waals surface area contributed by atoms with E-state index in [0.29, 0.717) is 29.5 Å². The molecule has 0 aliphatic carbocycles. The fourth-order valence-corrected chi connectivity index (χ4v) is 2.93. The zero-order chi connectivity index (χ0) is 18.9. The topological polar surface area (TPSA) is 96.1 Å². The van der Waals surface area contributed by atoms with Crippen LogP contribution in [0.4, 0.5) is 10.5 Å². The van der Waals surface area contributed by atoms with Crippen LogP contribution in [0.3, 0.4) is 0 Å². The normalized spacial score (nSPS) is 13.8. The molecule has 0 radical (unpaired) electrons. The maximum absolute atomic E-state index is 11.7. The van der Waals surface area contributed by atoms with Gasteiger partial charge in [-0.1, -0.05) is 17.7 Å². The fourth-order valence-electron chi connectivity index (χ4n) is 2.67. The van der Waals surface area contributed by atoms with E-state index in [4.69, 9.17) is 16.3 Å². The number of ether oxygens (including phenoxy) is 1. The molecule has 0 fully saturated rings. The van der Waals surface area contributed by atoms with Gasteiger partial charge in [0.05, 0.1) is 6.54 Å². The number of aryl methyl sites for hydroxylation is 1. The second-order valence-corrected chi connectivity index (χ2v) is 7.50. The number of anilines is 1. The zero-order valence-electron chi connectivity index (χ0n) is 14.9. The lowest BCUT2D eigenvalue weighted by Gasteiger charge is -2.19. The Morgan fingerprint density at radius 3 is 2.85 bits per heavy atom. The number of nitrogens with one attached hydrogen (secondary N) is 3. The molecule has 2 aromatic rings. The number of aromatic nitrogens is 2. The van der Waals surface area contributed by atoms with Crippen LogP contribution in [0.2, 0.25) is 5.15 Å². The third-order valence-electron chi connectivity index (χ3n) is 3.78. The van der Waals surface area contributed by atoms with E-state index in [1.54, 1.807) is 20.8 Å². The lowest BCUT2D eigenvalue weighted by molar-refractivity contribution is -0.116. The highest BCUT2D eigenvalue weighted by Crippen LogP contribution is 2.31. The van der Waals surface area contributed by atoms with Gasteiger partial charge in [0, 0.05) is 17.7 Å². The van der Waals surface area contributed by atoms with Crippen LogP contribution in [0, 0.1) is 0 Å². The Labute approximate surface area is 156 Å². The Morgan fingerprint density at radius 2 is 2.12 bits per heavy atom. The van der Waals surface area contributed by atoms with Gasteiger partial charge in [-0.15, -0.1) is 0 Å². The molecule has 0 saturated carbocycles. The SMILES string of the molecule is CC(C)(C)OC(=O)NCc1nc(-c2ccc3c(c2)CCC(=O)N3)c(Cl)[nH]1. The van der Waals surface area contributed by atoms with Crippen LogP contribution >= 0.6 is 11.6 Å². The Hall–Kier alpha value is -2.54. The fraction of sp³-hybridized carbons (Fsp3) is 0.389. The van der Waals surface area contributed by atoms with Crippen LogP contribution in [0.5, 0.6) is 0 Å². The number of fused-ring (bicyclic) bond motifs is 1. The van der Waals surface area contributed by atoms with Crippen molar-refractivity contribution in [2.24, 2.45) is 0 Å². The molecule has 1 aromatic heterocycles. The Morgan fingerprint density at radius 1 is 1.35 bits per heavy atom. The van der Waals surface area contributed by atoms with Gasteiger partial charge in [0.15, 0.2) is 0 Å². The monoisotopic (exact) mass is 376 g/mol. The molecule has 3 N–H and O–H groups in total. The summed E-state index contributed by atoms with van der Waals surface area (Å²) in [5.74, 6) is 0.556. The molecule has 1 aromatic carbocycles. The van der Waals surface area contributed by atoms with Crippen LogP contribution < -0.4 is 10.6 Å². The summed E-state index contributed by atoms with van der Waals surface area (Å²) in [5, 5.41) is 5.88. The van der Waals surface area contributed by atoms with Crippen LogP contribution in [0.1, 0.15) is 38.6 Å². The molecule has 138 valence electrons. The second-order valence-electron chi connectivity index (χ2n) is 7.12. The van der Waals surface area contributed by atoms with Crippen LogP contribution in [-0.2, 0) is 22.5 Å². The van der Waals surface area contributed by atoms with Gasteiger partial charge in [0.2, 0.25) is 5.91 Å². The minimum absolute atomic E-state index is 0.0264. The number of nitrogens with zero attached hydrogens (tertiary/aromatic N) is 1. The number of imidazole rings is 1. The third kappa shape index (κ3) is 4.35. The van der Waals surface area contributed by atoms with Crippen molar-refractivity contribution in [3.05, 3.63) is 34.7 Å². The van der Waals surface area contributed by atoms with E-state index in [-0.39, 0.29) is 12.5 Å². The summed E-state index contributed by atoms with van der Waals surface area (Å²) in [4.78, 5) is 30.6. The van der Waals surface area contributed by atoms with Crippen LogP contribution in [0.25, 0.3) is 11.3 Å². The van der Waals surface area contributed by atoms with Crippen molar-refractivity contribution >= 4 is 29.3 Å². The highest BCUT2D eigenvalue weighted by atomic mass is 35.5. The van der Waals surface area contributed by atoms with E-state index in [1.165, 1.54) is 0 Å². The van der Waals surface area contributed by atoms with Crippen molar-refractivity contribution in [3.63, 3.8) is 0 Å². The second kappa shape index (κ2) is 6.99. The molecule has 0 spiro atoms. The summed E-state index contributed by atoms with van der Waals surface area (Å²) in [5.41, 5.74) is 2.77. The molecule has 1 aliphatic heterocycles. The molecule has 8 heteroatoms. The molecular weight excluding hydrogens is 356 g/mol. The number of hydrogen-bond acceptors (Lipinski definition) is 4. The van der Waals surface area contributed by atoms with Gasteiger partial charge in [-0.05, 0) is 44.9 Å². The molecular formula is C18H21ClN4O3. The molecule has 3 rings (SSSR count). The lowest BCUT2D eigenvalue weighted by atomic mass is 9.99. The molecule has 0 unspecified atom stereocenters. The predicted octanol–water partition coefficient (Wildman–Crippen LogP) is 3.64. The van der Waals surface area contributed by atoms with Crippen molar-refractivity contribution in [2.75, 3.05) is 5.32 Å². The summed E-state index contributed by atoms with van der Waals surface area (Å²) < 4.78 is 5.19. The maximum atomic E-state index is 11.7. The number of amides is 2. The highest BCUT2D eigenvalue weighted by molar-refractivity contribution is 6.31. The van der Waals surface area contributed by atoms with Crippen LogP contribution in [-0.4, -0.2) is 27.6 Å². The summed E-state index contributed by atoms with van der Waals surface area (Å²) >= 11 is 6.28.